The zero-order valence-corrected chi connectivity index (χ0v) is 8.86. The molecule has 0 N–H and O–H groups in total. The molecule has 0 amide bonds. The molecule has 1 aromatic carbocycles. The largest absolute Gasteiger partial charge is 0.299 e. The standard InChI is InChI=1S/C14H16O/c15-14(13-10-11-13)9-5-4-8-12-6-2-1-3-7-12/h1-4,6-8,13H,5,9-11H2. The lowest BCUT2D eigenvalue weighted by Gasteiger charge is -1.94. The van der Waals surface area contributed by atoms with Crippen molar-refractivity contribution in [2.24, 2.45) is 5.92 Å². The van der Waals surface area contributed by atoms with Gasteiger partial charge < -0.3 is 0 Å². The van der Waals surface area contributed by atoms with E-state index in [1.54, 1.807) is 0 Å². The monoisotopic (exact) mass is 200 g/mol. The molecule has 1 saturated carbocycles. The van der Waals surface area contributed by atoms with Gasteiger partial charge in [0, 0.05) is 12.3 Å². The fourth-order valence-corrected chi connectivity index (χ4v) is 1.62. The summed E-state index contributed by atoms with van der Waals surface area (Å²) in [5.74, 6) is 0.864. The zero-order valence-electron chi connectivity index (χ0n) is 8.86. The molecule has 78 valence electrons. The number of hydrogen-bond donors (Lipinski definition) is 0. The van der Waals surface area contributed by atoms with Gasteiger partial charge in [-0.3, -0.25) is 4.79 Å². The van der Waals surface area contributed by atoms with Gasteiger partial charge in [-0.15, -0.1) is 0 Å². The van der Waals surface area contributed by atoms with E-state index in [9.17, 15) is 4.79 Å². The summed E-state index contributed by atoms with van der Waals surface area (Å²) in [6, 6.07) is 10.2. The van der Waals surface area contributed by atoms with Gasteiger partial charge in [0.15, 0.2) is 0 Å². The summed E-state index contributed by atoms with van der Waals surface area (Å²) < 4.78 is 0. The van der Waals surface area contributed by atoms with Crippen LogP contribution in [0.2, 0.25) is 0 Å². The average molecular weight is 200 g/mol. The molecule has 1 heteroatoms. The Kier molecular flexibility index (Phi) is 3.33. The molecule has 0 atom stereocenters. The Morgan fingerprint density at radius 3 is 2.67 bits per heavy atom. The molecule has 0 bridgehead atoms. The van der Waals surface area contributed by atoms with E-state index in [2.05, 4.69) is 24.3 Å². The van der Waals surface area contributed by atoms with E-state index in [1.807, 2.05) is 18.2 Å². The van der Waals surface area contributed by atoms with Crippen LogP contribution in [-0.2, 0) is 4.79 Å². The van der Waals surface area contributed by atoms with E-state index in [4.69, 9.17) is 0 Å². The van der Waals surface area contributed by atoms with E-state index >= 15 is 0 Å². The topological polar surface area (TPSA) is 17.1 Å². The highest BCUT2D eigenvalue weighted by molar-refractivity contribution is 5.83. The zero-order chi connectivity index (χ0) is 10.5. The Morgan fingerprint density at radius 2 is 2.00 bits per heavy atom. The molecule has 1 nitrogen and oxygen atoms in total. The van der Waals surface area contributed by atoms with Crippen molar-refractivity contribution in [2.75, 3.05) is 0 Å². The molecule has 0 saturated heterocycles. The number of ketones is 1. The molecule has 0 radical (unpaired) electrons. The summed E-state index contributed by atoms with van der Waals surface area (Å²) in [6.45, 7) is 0. The van der Waals surface area contributed by atoms with Gasteiger partial charge in [0.05, 0.1) is 0 Å². The van der Waals surface area contributed by atoms with Crippen molar-refractivity contribution < 1.29 is 4.79 Å². The minimum Gasteiger partial charge on any atom is -0.299 e. The first-order valence-corrected chi connectivity index (χ1v) is 5.60. The highest BCUT2D eigenvalue weighted by Gasteiger charge is 2.28. The van der Waals surface area contributed by atoms with Crippen LogP contribution in [0.3, 0.4) is 0 Å². The van der Waals surface area contributed by atoms with Crippen molar-refractivity contribution in [3.05, 3.63) is 42.0 Å². The molecule has 1 fully saturated rings. The Balaban J connectivity index is 1.73. The van der Waals surface area contributed by atoms with Crippen LogP contribution in [0, 0.1) is 5.92 Å². The Morgan fingerprint density at radius 1 is 1.27 bits per heavy atom. The van der Waals surface area contributed by atoms with Crippen LogP contribution >= 0.6 is 0 Å². The Bertz CT molecular complexity index is 347. The van der Waals surface area contributed by atoms with Crippen LogP contribution in [0.4, 0.5) is 0 Å². The molecular formula is C14H16O. The fraction of sp³-hybridized carbons (Fsp3) is 0.357. The van der Waals surface area contributed by atoms with Gasteiger partial charge in [-0.1, -0.05) is 42.5 Å². The molecular weight excluding hydrogens is 184 g/mol. The smallest absolute Gasteiger partial charge is 0.136 e. The van der Waals surface area contributed by atoms with Crippen molar-refractivity contribution in [1.82, 2.24) is 0 Å². The molecule has 0 aromatic heterocycles. The Hall–Kier alpha value is -1.37. The predicted octanol–water partition coefficient (Wildman–Crippen LogP) is 3.46. The number of allylic oxidation sites excluding steroid dienone is 1. The molecule has 1 aromatic rings. The lowest BCUT2D eigenvalue weighted by Crippen LogP contribution is -1.98. The van der Waals surface area contributed by atoms with E-state index in [0.717, 1.165) is 19.3 Å². The first-order chi connectivity index (χ1) is 7.36. The summed E-state index contributed by atoms with van der Waals surface area (Å²) in [5, 5.41) is 0. The second kappa shape index (κ2) is 4.92. The molecule has 2 rings (SSSR count). The van der Waals surface area contributed by atoms with Crippen LogP contribution in [0.15, 0.2) is 36.4 Å². The maximum atomic E-state index is 11.4. The summed E-state index contributed by atoms with van der Waals surface area (Å²) in [5.41, 5.74) is 1.20. The van der Waals surface area contributed by atoms with E-state index in [0.29, 0.717) is 18.1 Å². The third-order valence-electron chi connectivity index (χ3n) is 2.70. The van der Waals surface area contributed by atoms with E-state index < -0.39 is 0 Å². The third kappa shape index (κ3) is 3.35. The number of rotatable bonds is 5. The van der Waals surface area contributed by atoms with Gasteiger partial charge in [0.1, 0.15) is 5.78 Å². The molecule has 0 spiro atoms. The predicted molar refractivity (Wildman–Crippen MR) is 62.4 cm³/mol. The van der Waals surface area contributed by atoms with Crippen molar-refractivity contribution in [1.29, 1.82) is 0 Å². The van der Waals surface area contributed by atoms with Gasteiger partial charge in [-0.25, -0.2) is 0 Å². The van der Waals surface area contributed by atoms with E-state index in [1.165, 1.54) is 5.56 Å². The van der Waals surface area contributed by atoms with Crippen molar-refractivity contribution in [3.63, 3.8) is 0 Å². The summed E-state index contributed by atoms with van der Waals surface area (Å²) in [4.78, 5) is 11.4. The van der Waals surface area contributed by atoms with Crippen molar-refractivity contribution in [2.45, 2.75) is 25.7 Å². The summed E-state index contributed by atoms with van der Waals surface area (Å²) >= 11 is 0. The quantitative estimate of drug-likeness (QED) is 0.711. The highest BCUT2D eigenvalue weighted by atomic mass is 16.1. The molecule has 1 aliphatic rings. The van der Waals surface area contributed by atoms with Crippen molar-refractivity contribution in [3.8, 4) is 0 Å². The molecule has 0 aliphatic heterocycles. The van der Waals surface area contributed by atoms with Gasteiger partial charge in [0.2, 0.25) is 0 Å². The van der Waals surface area contributed by atoms with Gasteiger partial charge in [-0.05, 0) is 24.8 Å². The normalized spacial score (nSPS) is 15.7. The molecule has 1 aliphatic carbocycles. The van der Waals surface area contributed by atoms with E-state index in [-0.39, 0.29) is 0 Å². The summed E-state index contributed by atoms with van der Waals surface area (Å²) in [6.07, 6.45) is 8.02. The fourth-order valence-electron chi connectivity index (χ4n) is 1.62. The van der Waals surface area contributed by atoms with Crippen LogP contribution < -0.4 is 0 Å². The first kappa shape index (κ1) is 10.2. The molecule has 0 unspecified atom stereocenters. The molecule has 15 heavy (non-hydrogen) atoms. The number of carbonyl (C=O) groups is 1. The number of Topliss-reactive ketones (excluding diaryl/α,β-unsaturated/α-hetero) is 1. The average Bonchev–Trinajstić information content (AvgIpc) is 3.09. The second-order valence-electron chi connectivity index (χ2n) is 4.09. The van der Waals surface area contributed by atoms with Gasteiger partial charge in [0.25, 0.3) is 0 Å². The molecule has 0 heterocycles. The minimum atomic E-state index is 0.412. The van der Waals surface area contributed by atoms with Crippen LogP contribution in [0.25, 0.3) is 6.08 Å². The number of carbonyl (C=O) groups excluding carboxylic acids is 1. The van der Waals surface area contributed by atoms with Crippen LogP contribution in [-0.4, -0.2) is 5.78 Å². The van der Waals surface area contributed by atoms with Crippen molar-refractivity contribution >= 4 is 11.9 Å². The maximum Gasteiger partial charge on any atom is 0.136 e. The third-order valence-corrected chi connectivity index (χ3v) is 2.70. The van der Waals surface area contributed by atoms with Gasteiger partial charge in [-0.2, -0.15) is 0 Å². The highest BCUT2D eigenvalue weighted by Crippen LogP contribution is 2.31. The van der Waals surface area contributed by atoms with Crippen LogP contribution in [0.5, 0.6) is 0 Å². The first-order valence-electron chi connectivity index (χ1n) is 5.60. The number of benzene rings is 1. The SMILES string of the molecule is O=C(CCC=Cc1ccccc1)C1CC1. The maximum absolute atomic E-state index is 11.4. The summed E-state index contributed by atoms with van der Waals surface area (Å²) in [7, 11) is 0. The number of hydrogen-bond acceptors (Lipinski definition) is 1. The lowest BCUT2D eigenvalue weighted by molar-refractivity contribution is -0.120. The Labute approximate surface area is 90.8 Å². The minimum absolute atomic E-state index is 0.412. The van der Waals surface area contributed by atoms with Crippen LogP contribution in [0.1, 0.15) is 31.2 Å². The lowest BCUT2D eigenvalue weighted by atomic mass is 10.1. The second-order valence-corrected chi connectivity index (χ2v) is 4.09. The van der Waals surface area contributed by atoms with Gasteiger partial charge >= 0.3 is 0 Å².